The highest BCUT2D eigenvalue weighted by Crippen LogP contribution is 2.13. The summed E-state index contributed by atoms with van der Waals surface area (Å²) < 4.78 is 10.5. The number of nitrogens with one attached hydrogen (secondary N) is 2. The Hall–Kier alpha value is -1.67. The second kappa shape index (κ2) is 7.05. The van der Waals surface area contributed by atoms with Crippen molar-refractivity contribution >= 4 is 11.9 Å². The van der Waals surface area contributed by atoms with Crippen molar-refractivity contribution in [3.63, 3.8) is 0 Å². The first-order valence-corrected chi connectivity index (χ1v) is 6.33. The lowest BCUT2D eigenvalue weighted by molar-refractivity contribution is -0.119. The predicted molar refractivity (Wildman–Crippen MR) is 67.7 cm³/mol. The summed E-state index contributed by atoms with van der Waals surface area (Å²) in [7, 11) is 1.65. The van der Waals surface area contributed by atoms with Crippen LogP contribution >= 0.6 is 0 Å². The molecule has 0 aliphatic carbocycles. The van der Waals surface area contributed by atoms with Crippen LogP contribution in [-0.2, 0) is 16.1 Å². The highest BCUT2D eigenvalue weighted by molar-refractivity contribution is 5.80. The van der Waals surface area contributed by atoms with E-state index in [-0.39, 0.29) is 12.5 Å². The molecule has 8 nitrogen and oxygen atoms in total. The predicted octanol–water partition coefficient (Wildman–Crippen LogP) is -0.868. The number of carbonyl (C=O) groups is 1. The molecule has 1 aliphatic rings. The molecule has 2 heterocycles. The molecular weight excluding hydrogens is 250 g/mol. The molecular formula is C11H19N5O3. The minimum Gasteiger partial charge on any atom is -0.407 e. The van der Waals surface area contributed by atoms with Crippen molar-refractivity contribution < 1.29 is 13.9 Å². The number of aromatic nitrogens is 2. The van der Waals surface area contributed by atoms with Crippen molar-refractivity contribution in [1.29, 1.82) is 0 Å². The van der Waals surface area contributed by atoms with Crippen molar-refractivity contribution in [3.8, 4) is 0 Å². The van der Waals surface area contributed by atoms with Gasteiger partial charge in [-0.15, -0.1) is 5.10 Å². The first kappa shape index (κ1) is 13.8. The molecule has 2 N–H and O–H groups in total. The van der Waals surface area contributed by atoms with E-state index >= 15 is 0 Å². The Morgan fingerprint density at radius 1 is 1.53 bits per heavy atom. The molecule has 19 heavy (non-hydrogen) atoms. The van der Waals surface area contributed by atoms with E-state index in [4.69, 9.17) is 9.15 Å². The van der Waals surface area contributed by atoms with Crippen LogP contribution in [0.25, 0.3) is 0 Å². The van der Waals surface area contributed by atoms with Crippen LogP contribution in [0.15, 0.2) is 4.42 Å². The Kier molecular flexibility index (Phi) is 5.10. The monoisotopic (exact) mass is 269 g/mol. The van der Waals surface area contributed by atoms with E-state index in [9.17, 15) is 4.79 Å². The third-order valence-corrected chi connectivity index (χ3v) is 2.75. The first-order chi connectivity index (χ1) is 9.29. The minimum atomic E-state index is -0.0181. The summed E-state index contributed by atoms with van der Waals surface area (Å²) in [5.41, 5.74) is 0. The topological polar surface area (TPSA) is 92.5 Å². The number of anilines is 1. The number of amides is 1. The van der Waals surface area contributed by atoms with Crippen molar-refractivity contribution in [2.75, 3.05) is 44.8 Å². The standard InChI is InChI=1S/C11H19N5O3/c1-18-6-4-12-7-10-14-15-11(19-10)16-5-2-3-13-9(17)8-16/h12H,2-8H2,1H3,(H,13,17). The van der Waals surface area contributed by atoms with Crippen LogP contribution in [-0.4, -0.2) is 56.0 Å². The molecule has 0 aromatic carbocycles. The first-order valence-electron chi connectivity index (χ1n) is 6.33. The van der Waals surface area contributed by atoms with Crippen LogP contribution in [0.5, 0.6) is 0 Å². The van der Waals surface area contributed by atoms with Gasteiger partial charge in [-0.25, -0.2) is 0 Å². The van der Waals surface area contributed by atoms with Crippen LogP contribution in [0.1, 0.15) is 12.3 Å². The fourth-order valence-electron chi connectivity index (χ4n) is 1.78. The number of carbonyl (C=O) groups excluding carboxylic acids is 1. The van der Waals surface area contributed by atoms with Crippen LogP contribution in [0.3, 0.4) is 0 Å². The quantitative estimate of drug-likeness (QED) is 0.649. The molecule has 0 radical (unpaired) electrons. The zero-order valence-corrected chi connectivity index (χ0v) is 11.0. The van der Waals surface area contributed by atoms with Gasteiger partial charge < -0.3 is 24.7 Å². The number of rotatable bonds is 6. The van der Waals surface area contributed by atoms with Gasteiger partial charge in [-0.3, -0.25) is 4.79 Å². The van der Waals surface area contributed by atoms with Crippen molar-refractivity contribution in [3.05, 3.63) is 5.89 Å². The lowest BCUT2D eigenvalue weighted by atomic mass is 10.4. The Labute approximate surface area is 111 Å². The number of ether oxygens (including phenoxy) is 1. The van der Waals surface area contributed by atoms with E-state index in [1.165, 1.54) is 0 Å². The van der Waals surface area contributed by atoms with Crippen LogP contribution in [0, 0.1) is 0 Å². The highest BCUT2D eigenvalue weighted by Gasteiger charge is 2.19. The number of nitrogens with zero attached hydrogens (tertiary/aromatic N) is 3. The van der Waals surface area contributed by atoms with E-state index in [0.29, 0.717) is 31.6 Å². The lowest BCUT2D eigenvalue weighted by Crippen LogP contribution is -2.33. The Morgan fingerprint density at radius 2 is 2.42 bits per heavy atom. The van der Waals surface area contributed by atoms with Crippen molar-refractivity contribution in [2.45, 2.75) is 13.0 Å². The molecule has 1 aromatic heterocycles. The number of methoxy groups -OCH3 is 1. The summed E-state index contributed by atoms with van der Waals surface area (Å²) >= 11 is 0. The third kappa shape index (κ3) is 4.18. The van der Waals surface area contributed by atoms with Gasteiger partial charge in [0.05, 0.1) is 13.2 Å². The van der Waals surface area contributed by atoms with Gasteiger partial charge >= 0.3 is 6.01 Å². The molecule has 1 fully saturated rings. The average molecular weight is 269 g/mol. The zero-order chi connectivity index (χ0) is 13.5. The SMILES string of the molecule is COCCNCc1nnc(N2CCCNC(=O)C2)o1. The zero-order valence-electron chi connectivity index (χ0n) is 11.0. The minimum absolute atomic E-state index is 0.0181. The number of hydrogen-bond donors (Lipinski definition) is 2. The van der Waals surface area contributed by atoms with Crippen LogP contribution in [0.4, 0.5) is 6.01 Å². The van der Waals surface area contributed by atoms with Gasteiger partial charge in [0, 0.05) is 26.7 Å². The second-order valence-corrected chi connectivity index (χ2v) is 4.27. The summed E-state index contributed by atoms with van der Waals surface area (Å²) in [6.07, 6.45) is 0.871. The van der Waals surface area contributed by atoms with Crippen LogP contribution < -0.4 is 15.5 Å². The van der Waals surface area contributed by atoms with Crippen molar-refractivity contribution in [1.82, 2.24) is 20.8 Å². The van der Waals surface area contributed by atoms with E-state index in [1.54, 1.807) is 12.0 Å². The van der Waals surface area contributed by atoms with E-state index < -0.39 is 0 Å². The van der Waals surface area contributed by atoms with Gasteiger partial charge in [0.25, 0.3) is 0 Å². The summed E-state index contributed by atoms with van der Waals surface area (Å²) in [5.74, 6) is 0.492. The molecule has 8 heteroatoms. The van der Waals surface area contributed by atoms with Gasteiger partial charge in [0.15, 0.2) is 0 Å². The van der Waals surface area contributed by atoms with E-state index in [0.717, 1.165) is 19.5 Å². The molecule has 0 saturated carbocycles. The molecule has 0 atom stereocenters. The number of hydrogen-bond acceptors (Lipinski definition) is 7. The molecule has 1 amide bonds. The second-order valence-electron chi connectivity index (χ2n) is 4.27. The smallest absolute Gasteiger partial charge is 0.318 e. The van der Waals surface area contributed by atoms with Gasteiger partial charge in [-0.2, -0.15) is 0 Å². The Morgan fingerprint density at radius 3 is 3.26 bits per heavy atom. The maximum absolute atomic E-state index is 11.4. The molecule has 0 spiro atoms. The maximum atomic E-state index is 11.4. The fraction of sp³-hybridized carbons (Fsp3) is 0.727. The van der Waals surface area contributed by atoms with Crippen molar-refractivity contribution in [2.24, 2.45) is 0 Å². The summed E-state index contributed by atoms with van der Waals surface area (Å²) in [4.78, 5) is 13.2. The van der Waals surface area contributed by atoms with Gasteiger partial charge in [0.1, 0.15) is 6.54 Å². The Balaban J connectivity index is 1.86. The molecule has 1 aromatic rings. The fourth-order valence-corrected chi connectivity index (χ4v) is 1.78. The largest absolute Gasteiger partial charge is 0.407 e. The van der Waals surface area contributed by atoms with Gasteiger partial charge in [-0.05, 0) is 6.42 Å². The average Bonchev–Trinajstić information content (AvgIpc) is 2.77. The molecule has 0 unspecified atom stereocenters. The van der Waals surface area contributed by atoms with E-state index in [1.807, 2.05) is 0 Å². The van der Waals surface area contributed by atoms with E-state index in [2.05, 4.69) is 20.8 Å². The summed E-state index contributed by atoms with van der Waals surface area (Å²) in [6, 6.07) is 0.403. The third-order valence-electron chi connectivity index (χ3n) is 2.75. The van der Waals surface area contributed by atoms with Gasteiger partial charge in [-0.1, -0.05) is 5.10 Å². The molecule has 1 aliphatic heterocycles. The van der Waals surface area contributed by atoms with Crippen LogP contribution in [0.2, 0.25) is 0 Å². The normalized spacial score (nSPS) is 16.3. The summed E-state index contributed by atoms with van der Waals surface area (Å²) in [5, 5.41) is 13.8. The molecule has 2 rings (SSSR count). The lowest BCUT2D eigenvalue weighted by Gasteiger charge is -2.14. The molecule has 1 saturated heterocycles. The highest BCUT2D eigenvalue weighted by atomic mass is 16.5. The van der Waals surface area contributed by atoms with Gasteiger partial charge in [0.2, 0.25) is 11.8 Å². The maximum Gasteiger partial charge on any atom is 0.318 e. The summed E-state index contributed by atoms with van der Waals surface area (Å²) in [6.45, 7) is 3.54. The molecule has 106 valence electrons. The molecule has 0 bridgehead atoms. The Bertz CT molecular complexity index is 409.